The first kappa shape index (κ1) is 17.1. The maximum Gasteiger partial charge on any atom is 0.317 e. The molecule has 7 heteroatoms. The zero-order valence-electron chi connectivity index (χ0n) is 13.8. The molecule has 3 amide bonds. The number of anilines is 1. The van der Waals surface area contributed by atoms with Gasteiger partial charge in [-0.2, -0.15) is 0 Å². The maximum absolute atomic E-state index is 12.0. The number of urea groups is 1. The Kier molecular flexibility index (Phi) is 6.19. The Morgan fingerprint density at radius 1 is 1.13 bits per heavy atom. The van der Waals surface area contributed by atoms with E-state index in [2.05, 4.69) is 15.6 Å². The summed E-state index contributed by atoms with van der Waals surface area (Å²) in [6, 6.07) is 3.90. The summed E-state index contributed by atoms with van der Waals surface area (Å²) in [4.78, 5) is 31.1. The highest BCUT2D eigenvalue weighted by Crippen LogP contribution is 2.04. The van der Waals surface area contributed by atoms with Gasteiger partial charge in [-0.1, -0.05) is 6.07 Å². The molecule has 1 aliphatic rings. The first-order valence-electron chi connectivity index (χ1n) is 8.01. The van der Waals surface area contributed by atoms with Crippen LogP contribution < -0.4 is 10.6 Å². The highest BCUT2D eigenvalue weighted by atomic mass is 16.2. The zero-order chi connectivity index (χ0) is 16.7. The number of carbonyl (C=O) groups excluding carboxylic acids is 2. The number of pyridine rings is 1. The molecule has 0 atom stereocenters. The number of aryl methyl sites for hydroxylation is 1. The van der Waals surface area contributed by atoms with E-state index in [1.54, 1.807) is 16.7 Å². The van der Waals surface area contributed by atoms with E-state index in [4.69, 9.17) is 0 Å². The van der Waals surface area contributed by atoms with E-state index in [0.29, 0.717) is 32.7 Å². The van der Waals surface area contributed by atoms with Crippen LogP contribution in [-0.4, -0.2) is 66.0 Å². The number of hydrogen-bond acceptors (Lipinski definition) is 4. The highest BCUT2D eigenvalue weighted by molar-refractivity contribution is 5.76. The molecule has 7 nitrogen and oxygen atoms in total. The molecule has 0 aromatic carbocycles. The second-order valence-corrected chi connectivity index (χ2v) is 5.73. The van der Waals surface area contributed by atoms with E-state index >= 15 is 0 Å². The molecular weight excluding hydrogens is 294 g/mol. The lowest BCUT2D eigenvalue weighted by Crippen LogP contribution is -2.52. The molecule has 0 bridgehead atoms. The molecule has 0 unspecified atom stereocenters. The monoisotopic (exact) mass is 319 g/mol. The van der Waals surface area contributed by atoms with Crippen LogP contribution in [0.15, 0.2) is 18.3 Å². The van der Waals surface area contributed by atoms with Crippen LogP contribution >= 0.6 is 0 Å². The molecule has 0 aliphatic carbocycles. The minimum Gasteiger partial charge on any atom is -0.370 e. The molecule has 0 radical (unpaired) electrons. The first-order chi connectivity index (χ1) is 11.1. The Hall–Kier alpha value is -2.31. The van der Waals surface area contributed by atoms with Crippen molar-refractivity contribution in [3.8, 4) is 0 Å². The molecular formula is C16H25N5O2. The quantitative estimate of drug-likeness (QED) is 0.796. The number of nitrogens with zero attached hydrogens (tertiary/aromatic N) is 3. The van der Waals surface area contributed by atoms with Gasteiger partial charge in [-0.25, -0.2) is 9.78 Å². The van der Waals surface area contributed by atoms with Gasteiger partial charge < -0.3 is 20.4 Å². The van der Waals surface area contributed by atoms with Crippen LogP contribution in [0.5, 0.6) is 0 Å². The predicted octanol–water partition coefficient (Wildman–Crippen LogP) is 1.07. The van der Waals surface area contributed by atoms with Crippen LogP contribution in [0.25, 0.3) is 0 Å². The van der Waals surface area contributed by atoms with E-state index in [1.165, 1.54) is 0 Å². The van der Waals surface area contributed by atoms with Gasteiger partial charge in [-0.3, -0.25) is 4.79 Å². The van der Waals surface area contributed by atoms with Crippen LogP contribution in [0.3, 0.4) is 0 Å². The maximum atomic E-state index is 12.0. The summed E-state index contributed by atoms with van der Waals surface area (Å²) in [5.41, 5.74) is 1.13. The van der Waals surface area contributed by atoms with Crippen LogP contribution in [0.4, 0.5) is 10.6 Å². The van der Waals surface area contributed by atoms with Crippen molar-refractivity contribution in [3.05, 3.63) is 23.9 Å². The average molecular weight is 319 g/mol. The fourth-order valence-electron chi connectivity index (χ4n) is 2.41. The Bertz CT molecular complexity index is 524. The number of hydrogen-bond donors (Lipinski definition) is 2. The standard InChI is InChI=1S/C16H25N5O2/c1-13-4-5-15(19-12-13)17-6-3-7-18-16(23)21-10-8-20(9-11-21)14(2)22/h4-5,12H,3,6-11H2,1-2H3,(H,17,19)(H,18,23). The predicted molar refractivity (Wildman–Crippen MR) is 89.3 cm³/mol. The second kappa shape index (κ2) is 8.36. The zero-order valence-corrected chi connectivity index (χ0v) is 13.8. The molecule has 23 heavy (non-hydrogen) atoms. The van der Waals surface area contributed by atoms with Gasteiger partial charge >= 0.3 is 6.03 Å². The van der Waals surface area contributed by atoms with Crippen LogP contribution in [0.2, 0.25) is 0 Å². The Labute approximate surface area is 137 Å². The summed E-state index contributed by atoms with van der Waals surface area (Å²) in [7, 11) is 0. The van der Waals surface area contributed by atoms with E-state index in [-0.39, 0.29) is 11.9 Å². The van der Waals surface area contributed by atoms with Crippen molar-refractivity contribution in [2.75, 3.05) is 44.6 Å². The summed E-state index contributed by atoms with van der Waals surface area (Å²) in [6.45, 7) is 7.36. The molecule has 126 valence electrons. The molecule has 1 aromatic rings. The third kappa shape index (κ3) is 5.43. The fourth-order valence-corrected chi connectivity index (χ4v) is 2.41. The lowest BCUT2D eigenvalue weighted by molar-refractivity contribution is -0.130. The van der Waals surface area contributed by atoms with E-state index in [1.807, 2.05) is 25.3 Å². The number of amides is 3. The van der Waals surface area contributed by atoms with Gasteiger partial charge in [-0.15, -0.1) is 0 Å². The molecule has 1 saturated heterocycles. The third-order valence-corrected chi connectivity index (χ3v) is 3.86. The molecule has 2 heterocycles. The molecule has 1 fully saturated rings. The smallest absolute Gasteiger partial charge is 0.317 e. The van der Waals surface area contributed by atoms with Gasteiger partial charge in [0, 0.05) is 52.4 Å². The van der Waals surface area contributed by atoms with Gasteiger partial charge in [0.15, 0.2) is 0 Å². The molecule has 1 aliphatic heterocycles. The number of aromatic nitrogens is 1. The van der Waals surface area contributed by atoms with Crippen LogP contribution in [-0.2, 0) is 4.79 Å². The average Bonchev–Trinajstić information content (AvgIpc) is 2.56. The van der Waals surface area contributed by atoms with E-state index < -0.39 is 0 Å². The summed E-state index contributed by atoms with van der Waals surface area (Å²) in [5.74, 6) is 0.920. The SMILES string of the molecule is CC(=O)N1CCN(C(=O)NCCCNc2ccc(C)cn2)CC1. The molecule has 2 N–H and O–H groups in total. The summed E-state index contributed by atoms with van der Waals surface area (Å²) >= 11 is 0. The molecule has 1 aromatic heterocycles. The Morgan fingerprint density at radius 3 is 2.43 bits per heavy atom. The number of carbonyl (C=O) groups is 2. The van der Waals surface area contributed by atoms with Crippen molar-refractivity contribution in [2.45, 2.75) is 20.3 Å². The molecule has 0 saturated carbocycles. The second-order valence-electron chi connectivity index (χ2n) is 5.73. The van der Waals surface area contributed by atoms with Crippen molar-refractivity contribution in [2.24, 2.45) is 0 Å². The van der Waals surface area contributed by atoms with Gasteiger partial charge in [0.05, 0.1) is 0 Å². The van der Waals surface area contributed by atoms with Gasteiger partial charge in [-0.05, 0) is 25.0 Å². The Balaban J connectivity index is 1.58. The summed E-state index contributed by atoms with van der Waals surface area (Å²) in [5, 5.41) is 6.14. The lowest BCUT2D eigenvalue weighted by Gasteiger charge is -2.34. The highest BCUT2D eigenvalue weighted by Gasteiger charge is 2.21. The van der Waals surface area contributed by atoms with Crippen molar-refractivity contribution >= 4 is 17.8 Å². The normalized spacial score (nSPS) is 14.5. The van der Waals surface area contributed by atoms with Crippen molar-refractivity contribution < 1.29 is 9.59 Å². The van der Waals surface area contributed by atoms with Crippen LogP contribution in [0, 0.1) is 6.92 Å². The van der Waals surface area contributed by atoms with Gasteiger partial charge in [0.1, 0.15) is 5.82 Å². The summed E-state index contributed by atoms with van der Waals surface area (Å²) < 4.78 is 0. The van der Waals surface area contributed by atoms with Crippen molar-refractivity contribution in [1.82, 2.24) is 20.1 Å². The van der Waals surface area contributed by atoms with Crippen molar-refractivity contribution in [3.63, 3.8) is 0 Å². The van der Waals surface area contributed by atoms with Gasteiger partial charge in [0.2, 0.25) is 5.91 Å². The number of piperazine rings is 1. The Morgan fingerprint density at radius 2 is 1.83 bits per heavy atom. The fraction of sp³-hybridized carbons (Fsp3) is 0.562. The minimum absolute atomic E-state index is 0.0540. The summed E-state index contributed by atoms with van der Waals surface area (Å²) in [6.07, 6.45) is 2.65. The third-order valence-electron chi connectivity index (χ3n) is 3.86. The van der Waals surface area contributed by atoms with Crippen LogP contribution in [0.1, 0.15) is 18.9 Å². The first-order valence-corrected chi connectivity index (χ1v) is 8.01. The molecule has 0 spiro atoms. The number of nitrogens with one attached hydrogen (secondary N) is 2. The van der Waals surface area contributed by atoms with Crippen molar-refractivity contribution in [1.29, 1.82) is 0 Å². The lowest BCUT2D eigenvalue weighted by atomic mass is 10.3. The topological polar surface area (TPSA) is 77.6 Å². The van der Waals surface area contributed by atoms with Gasteiger partial charge in [0.25, 0.3) is 0 Å². The number of rotatable bonds is 5. The van der Waals surface area contributed by atoms with E-state index in [0.717, 1.165) is 24.3 Å². The largest absolute Gasteiger partial charge is 0.370 e. The van der Waals surface area contributed by atoms with E-state index in [9.17, 15) is 9.59 Å². The minimum atomic E-state index is -0.0540. The molecule has 2 rings (SSSR count).